The molecule has 1 fully saturated rings. The van der Waals surface area contributed by atoms with E-state index in [-0.39, 0.29) is 0 Å². The molecule has 0 radical (unpaired) electrons. The van der Waals surface area contributed by atoms with E-state index in [1.54, 1.807) is 12.7 Å². The summed E-state index contributed by atoms with van der Waals surface area (Å²) in [6.45, 7) is 3.05. The van der Waals surface area contributed by atoms with Crippen LogP contribution >= 0.6 is 0 Å². The zero-order valence-corrected chi connectivity index (χ0v) is 15.6. The minimum Gasteiger partial charge on any atom is -0.380 e. The van der Waals surface area contributed by atoms with E-state index in [4.69, 9.17) is 4.74 Å². The summed E-state index contributed by atoms with van der Waals surface area (Å²) in [5.74, 6) is 2.98. The Hall–Kier alpha value is -1.08. The fraction of sp³-hybridized carbons (Fsp3) is 0.652. The largest absolute Gasteiger partial charge is 0.380 e. The summed E-state index contributed by atoms with van der Waals surface area (Å²) in [6.07, 6.45) is 15.3. The maximum atomic E-state index is 5.20. The lowest BCUT2D eigenvalue weighted by molar-refractivity contribution is 0.185. The molecule has 2 aliphatic rings. The average Bonchev–Trinajstić information content (AvgIpc) is 2.64. The van der Waals surface area contributed by atoms with E-state index in [0.717, 1.165) is 17.8 Å². The van der Waals surface area contributed by atoms with Gasteiger partial charge in [-0.3, -0.25) is 0 Å². The van der Waals surface area contributed by atoms with Gasteiger partial charge in [-0.05, 0) is 66.6 Å². The van der Waals surface area contributed by atoms with Crippen LogP contribution in [0.15, 0.2) is 30.3 Å². The molecule has 3 rings (SSSR count). The van der Waals surface area contributed by atoms with E-state index in [2.05, 4.69) is 37.3 Å². The summed E-state index contributed by atoms with van der Waals surface area (Å²) < 4.78 is 5.20. The minimum atomic E-state index is 0.710. The molecule has 1 heteroatoms. The third-order valence-corrected chi connectivity index (χ3v) is 6.34. The highest BCUT2D eigenvalue weighted by Gasteiger charge is 2.28. The number of hydrogen-bond acceptors (Lipinski definition) is 1. The molecule has 1 atom stereocenters. The van der Waals surface area contributed by atoms with Crippen molar-refractivity contribution >= 4 is 5.57 Å². The molecular formula is C23H34O. The molecule has 24 heavy (non-hydrogen) atoms. The van der Waals surface area contributed by atoms with E-state index in [1.807, 2.05) is 0 Å². The minimum absolute atomic E-state index is 0.710. The van der Waals surface area contributed by atoms with Crippen LogP contribution in [-0.2, 0) is 11.3 Å². The Morgan fingerprint density at radius 3 is 2.29 bits per heavy atom. The number of methoxy groups -OCH3 is 1. The van der Waals surface area contributed by atoms with Crippen LogP contribution in [-0.4, -0.2) is 7.11 Å². The smallest absolute Gasteiger partial charge is 0.0713 e. The predicted molar refractivity (Wildman–Crippen MR) is 103 cm³/mol. The van der Waals surface area contributed by atoms with Crippen molar-refractivity contribution in [1.29, 1.82) is 0 Å². The van der Waals surface area contributed by atoms with E-state index in [0.29, 0.717) is 6.61 Å². The summed E-state index contributed by atoms with van der Waals surface area (Å²) in [4.78, 5) is 0. The van der Waals surface area contributed by atoms with Gasteiger partial charge < -0.3 is 4.74 Å². The Balaban J connectivity index is 1.52. The molecular weight excluding hydrogens is 292 g/mol. The molecule has 132 valence electrons. The molecule has 1 aromatic rings. The summed E-state index contributed by atoms with van der Waals surface area (Å²) in [6, 6.07) is 8.97. The molecule has 2 aliphatic carbocycles. The first-order chi connectivity index (χ1) is 11.8. The van der Waals surface area contributed by atoms with Gasteiger partial charge >= 0.3 is 0 Å². The Bertz CT molecular complexity index is 519. The van der Waals surface area contributed by atoms with Gasteiger partial charge in [-0.1, -0.05) is 62.9 Å². The fourth-order valence-electron chi connectivity index (χ4n) is 4.88. The summed E-state index contributed by atoms with van der Waals surface area (Å²) in [7, 11) is 1.76. The van der Waals surface area contributed by atoms with Crippen LogP contribution in [0.4, 0.5) is 0 Å². The molecule has 0 amide bonds. The molecule has 0 saturated heterocycles. The first-order valence-electron chi connectivity index (χ1n) is 10.1. The van der Waals surface area contributed by atoms with Crippen LogP contribution in [0.5, 0.6) is 0 Å². The molecule has 0 aromatic heterocycles. The average molecular weight is 327 g/mol. The lowest BCUT2D eigenvalue weighted by atomic mass is 9.70. The van der Waals surface area contributed by atoms with Gasteiger partial charge in [0.05, 0.1) is 6.61 Å². The van der Waals surface area contributed by atoms with Crippen molar-refractivity contribution in [2.75, 3.05) is 7.11 Å². The molecule has 1 nitrogen and oxygen atoms in total. The highest BCUT2D eigenvalue weighted by atomic mass is 16.5. The third kappa shape index (κ3) is 4.51. The Labute approximate surface area is 148 Å². The van der Waals surface area contributed by atoms with Crippen LogP contribution in [0.25, 0.3) is 5.57 Å². The molecule has 0 bridgehead atoms. The number of ether oxygens (including phenoxy) is 1. The van der Waals surface area contributed by atoms with Gasteiger partial charge in [-0.25, -0.2) is 0 Å². The van der Waals surface area contributed by atoms with Gasteiger partial charge in [0.1, 0.15) is 0 Å². The van der Waals surface area contributed by atoms with Crippen LogP contribution in [0, 0.1) is 17.8 Å². The summed E-state index contributed by atoms with van der Waals surface area (Å²) >= 11 is 0. The van der Waals surface area contributed by atoms with Gasteiger partial charge in [0.15, 0.2) is 0 Å². The zero-order chi connectivity index (χ0) is 16.8. The summed E-state index contributed by atoms with van der Waals surface area (Å²) in [5, 5.41) is 0. The SMILES string of the molecule is CCCC1CCC(C2CC=C(c3ccc(COC)cc3)CC2)CC1. The van der Waals surface area contributed by atoms with Crippen LogP contribution in [0.2, 0.25) is 0 Å². The van der Waals surface area contributed by atoms with E-state index in [1.165, 1.54) is 68.9 Å². The first-order valence-corrected chi connectivity index (χ1v) is 10.1. The zero-order valence-electron chi connectivity index (χ0n) is 15.6. The van der Waals surface area contributed by atoms with Gasteiger partial charge in [0.2, 0.25) is 0 Å². The predicted octanol–water partition coefficient (Wildman–Crippen LogP) is 6.62. The topological polar surface area (TPSA) is 9.23 Å². The highest BCUT2D eigenvalue weighted by Crippen LogP contribution is 2.42. The van der Waals surface area contributed by atoms with Gasteiger partial charge in [-0.2, -0.15) is 0 Å². The van der Waals surface area contributed by atoms with Gasteiger partial charge in [-0.15, -0.1) is 0 Å². The van der Waals surface area contributed by atoms with Gasteiger partial charge in [0.25, 0.3) is 0 Å². The van der Waals surface area contributed by atoms with E-state index >= 15 is 0 Å². The molecule has 0 aliphatic heterocycles. The number of allylic oxidation sites excluding steroid dienone is 2. The number of hydrogen-bond donors (Lipinski definition) is 0. The number of benzene rings is 1. The molecule has 1 aromatic carbocycles. The van der Waals surface area contributed by atoms with Crippen molar-refractivity contribution in [3.63, 3.8) is 0 Å². The Kier molecular flexibility index (Phi) is 6.54. The standard InChI is InChI=1S/C23H34O/c1-3-4-18-5-9-20(10-6-18)22-13-15-23(16-14-22)21-11-7-19(8-12-21)17-24-2/h7-8,11-12,15,18,20,22H,3-6,9-10,13-14,16-17H2,1-2H3. The lowest BCUT2D eigenvalue weighted by Crippen LogP contribution is -2.23. The van der Waals surface area contributed by atoms with Crippen molar-refractivity contribution in [2.45, 2.75) is 71.3 Å². The van der Waals surface area contributed by atoms with Gasteiger partial charge in [0, 0.05) is 7.11 Å². The normalized spacial score (nSPS) is 27.8. The Morgan fingerprint density at radius 1 is 0.958 bits per heavy atom. The van der Waals surface area contributed by atoms with Crippen LogP contribution in [0.1, 0.15) is 75.8 Å². The van der Waals surface area contributed by atoms with E-state index in [9.17, 15) is 0 Å². The second kappa shape index (κ2) is 8.85. The highest BCUT2D eigenvalue weighted by molar-refractivity contribution is 5.66. The maximum absolute atomic E-state index is 5.20. The second-order valence-electron chi connectivity index (χ2n) is 7.96. The quantitative estimate of drug-likeness (QED) is 0.570. The van der Waals surface area contributed by atoms with Crippen LogP contribution < -0.4 is 0 Å². The van der Waals surface area contributed by atoms with Crippen molar-refractivity contribution in [1.82, 2.24) is 0 Å². The van der Waals surface area contributed by atoms with Crippen molar-refractivity contribution in [2.24, 2.45) is 17.8 Å². The second-order valence-corrected chi connectivity index (χ2v) is 7.96. The van der Waals surface area contributed by atoms with Crippen molar-refractivity contribution < 1.29 is 4.74 Å². The number of rotatable bonds is 6. The van der Waals surface area contributed by atoms with Crippen molar-refractivity contribution in [3.8, 4) is 0 Å². The summed E-state index contributed by atoms with van der Waals surface area (Å²) in [5.41, 5.74) is 4.24. The first kappa shape index (κ1) is 17.7. The lowest BCUT2D eigenvalue weighted by Gasteiger charge is -2.35. The molecule has 0 spiro atoms. The maximum Gasteiger partial charge on any atom is 0.0713 e. The van der Waals surface area contributed by atoms with E-state index < -0.39 is 0 Å². The molecule has 1 saturated carbocycles. The third-order valence-electron chi connectivity index (χ3n) is 6.34. The monoisotopic (exact) mass is 326 g/mol. The molecule has 1 unspecified atom stereocenters. The fourth-order valence-corrected chi connectivity index (χ4v) is 4.88. The van der Waals surface area contributed by atoms with Crippen molar-refractivity contribution in [3.05, 3.63) is 41.5 Å². The molecule has 0 heterocycles. The van der Waals surface area contributed by atoms with Crippen LogP contribution in [0.3, 0.4) is 0 Å². The Morgan fingerprint density at radius 2 is 1.71 bits per heavy atom. The molecule has 0 N–H and O–H groups in total.